The molecule has 1 atom stereocenters. The second-order valence-electron chi connectivity index (χ2n) is 5.54. The number of benzene rings is 2. The molecule has 0 aliphatic carbocycles. The van der Waals surface area contributed by atoms with E-state index in [9.17, 15) is 9.59 Å². The third-order valence-corrected chi connectivity index (χ3v) is 4.28. The van der Waals surface area contributed by atoms with Crippen molar-refractivity contribution in [1.82, 2.24) is 4.90 Å². The van der Waals surface area contributed by atoms with E-state index in [4.69, 9.17) is 4.74 Å². The maximum Gasteiger partial charge on any atom is 0.249 e. The molecule has 1 aliphatic rings. The standard InChI is InChI=1S/C18H17BrN2O3/c19-14-7-4-8-15(9-14)20-18(23)16-11-24-12-17(22)21(16)10-13-5-2-1-3-6-13/h1-9,16H,10-12H2,(H,20,23)/t16-/m0/s1. The molecule has 0 spiro atoms. The summed E-state index contributed by atoms with van der Waals surface area (Å²) in [5, 5.41) is 2.85. The smallest absolute Gasteiger partial charge is 0.249 e. The van der Waals surface area contributed by atoms with Crippen molar-refractivity contribution in [3.05, 3.63) is 64.6 Å². The van der Waals surface area contributed by atoms with Crippen molar-refractivity contribution in [2.75, 3.05) is 18.5 Å². The molecular formula is C18H17BrN2O3. The van der Waals surface area contributed by atoms with Crippen LogP contribution in [0.5, 0.6) is 0 Å². The Hall–Kier alpha value is -2.18. The topological polar surface area (TPSA) is 58.6 Å². The fourth-order valence-corrected chi connectivity index (χ4v) is 2.99. The number of halogens is 1. The average molecular weight is 389 g/mol. The van der Waals surface area contributed by atoms with E-state index in [1.807, 2.05) is 48.5 Å². The van der Waals surface area contributed by atoms with Crippen LogP contribution in [0.3, 0.4) is 0 Å². The van der Waals surface area contributed by atoms with Crippen LogP contribution in [0.25, 0.3) is 0 Å². The van der Waals surface area contributed by atoms with Crippen LogP contribution in [0, 0.1) is 0 Å². The number of hydrogen-bond acceptors (Lipinski definition) is 3. The molecule has 6 heteroatoms. The van der Waals surface area contributed by atoms with Crippen LogP contribution in [0.4, 0.5) is 5.69 Å². The zero-order valence-electron chi connectivity index (χ0n) is 12.9. The number of morpholine rings is 1. The molecule has 0 unspecified atom stereocenters. The summed E-state index contributed by atoms with van der Waals surface area (Å²) in [6.45, 7) is 0.589. The predicted octanol–water partition coefficient (Wildman–Crippen LogP) is 2.82. The number of hydrogen-bond donors (Lipinski definition) is 1. The first-order valence-corrected chi connectivity index (χ1v) is 8.40. The first-order valence-electron chi connectivity index (χ1n) is 7.61. The van der Waals surface area contributed by atoms with E-state index in [0.29, 0.717) is 12.2 Å². The molecule has 1 fully saturated rings. The minimum absolute atomic E-state index is 0.00744. The third kappa shape index (κ3) is 4.01. The monoisotopic (exact) mass is 388 g/mol. The third-order valence-electron chi connectivity index (χ3n) is 3.79. The number of ether oxygens (including phenoxy) is 1. The summed E-state index contributed by atoms with van der Waals surface area (Å²) in [5.41, 5.74) is 1.65. The van der Waals surface area contributed by atoms with Gasteiger partial charge in [0.1, 0.15) is 12.6 Å². The van der Waals surface area contributed by atoms with E-state index in [1.165, 1.54) is 0 Å². The summed E-state index contributed by atoms with van der Waals surface area (Å²) >= 11 is 3.37. The van der Waals surface area contributed by atoms with E-state index in [-0.39, 0.29) is 25.0 Å². The summed E-state index contributed by atoms with van der Waals surface area (Å²) < 4.78 is 6.16. The Kier molecular flexibility index (Phi) is 5.27. The lowest BCUT2D eigenvalue weighted by atomic mass is 10.1. The van der Waals surface area contributed by atoms with Crippen LogP contribution in [0.2, 0.25) is 0 Å². The van der Waals surface area contributed by atoms with E-state index in [0.717, 1.165) is 10.0 Å². The van der Waals surface area contributed by atoms with Crippen molar-refractivity contribution >= 4 is 33.4 Å². The number of anilines is 1. The van der Waals surface area contributed by atoms with Crippen LogP contribution in [-0.4, -0.2) is 36.0 Å². The van der Waals surface area contributed by atoms with Crippen molar-refractivity contribution in [2.24, 2.45) is 0 Å². The summed E-state index contributed by atoms with van der Waals surface area (Å²) in [6, 6.07) is 16.3. The molecule has 1 aliphatic heterocycles. The molecule has 0 aromatic heterocycles. The maximum atomic E-state index is 12.6. The van der Waals surface area contributed by atoms with E-state index in [1.54, 1.807) is 11.0 Å². The van der Waals surface area contributed by atoms with Gasteiger partial charge in [-0.25, -0.2) is 0 Å². The first-order chi connectivity index (χ1) is 11.6. The van der Waals surface area contributed by atoms with Crippen molar-refractivity contribution in [1.29, 1.82) is 0 Å². The van der Waals surface area contributed by atoms with Gasteiger partial charge in [0.05, 0.1) is 6.61 Å². The lowest BCUT2D eigenvalue weighted by molar-refractivity contribution is -0.154. The summed E-state index contributed by atoms with van der Waals surface area (Å²) in [4.78, 5) is 26.4. The first kappa shape index (κ1) is 16.7. The number of amides is 2. The highest BCUT2D eigenvalue weighted by atomic mass is 79.9. The number of nitrogens with zero attached hydrogens (tertiary/aromatic N) is 1. The Bertz CT molecular complexity index is 736. The SMILES string of the molecule is O=C(Nc1cccc(Br)c1)[C@@H]1COCC(=O)N1Cc1ccccc1. The molecular weight excluding hydrogens is 372 g/mol. The largest absolute Gasteiger partial charge is 0.369 e. The number of rotatable bonds is 4. The van der Waals surface area contributed by atoms with Gasteiger partial charge >= 0.3 is 0 Å². The molecule has 124 valence electrons. The molecule has 0 bridgehead atoms. The van der Waals surface area contributed by atoms with Gasteiger partial charge in [-0.15, -0.1) is 0 Å². The van der Waals surface area contributed by atoms with Crippen LogP contribution in [-0.2, 0) is 20.9 Å². The van der Waals surface area contributed by atoms with Crippen molar-refractivity contribution in [3.63, 3.8) is 0 Å². The lowest BCUT2D eigenvalue weighted by Crippen LogP contribution is -2.54. The Morgan fingerprint density at radius 2 is 2.00 bits per heavy atom. The lowest BCUT2D eigenvalue weighted by Gasteiger charge is -2.34. The number of carbonyl (C=O) groups excluding carboxylic acids is 2. The zero-order chi connectivity index (χ0) is 16.9. The molecule has 5 nitrogen and oxygen atoms in total. The molecule has 2 amide bonds. The molecule has 2 aromatic carbocycles. The predicted molar refractivity (Wildman–Crippen MR) is 94.4 cm³/mol. The molecule has 1 N–H and O–H groups in total. The summed E-state index contributed by atoms with van der Waals surface area (Å²) in [5.74, 6) is -0.434. The number of carbonyl (C=O) groups is 2. The summed E-state index contributed by atoms with van der Waals surface area (Å²) in [6.07, 6.45) is 0. The van der Waals surface area contributed by atoms with Gasteiger partial charge in [0.15, 0.2) is 0 Å². The summed E-state index contributed by atoms with van der Waals surface area (Å²) in [7, 11) is 0. The van der Waals surface area contributed by atoms with Gasteiger partial charge in [0.25, 0.3) is 0 Å². The van der Waals surface area contributed by atoms with Gasteiger partial charge in [0.2, 0.25) is 11.8 Å². The molecule has 1 saturated heterocycles. The molecule has 0 saturated carbocycles. The van der Waals surface area contributed by atoms with Crippen LogP contribution in [0.1, 0.15) is 5.56 Å². The number of nitrogens with one attached hydrogen (secondary N) is 1. The van der Waals surface area contributed by atoms with Gasteiger partial charge in [-0.05, 0) is 23.8 Å². The quantitative estimate of drug-likeness (QED) is 0.875. The van der Waals surface area contributed by atoms with E-state index < -0.39 is 6.04 Å². The van der Waals surface area contributed by atoms with Crippen molar-refractivity contribution in [2.45, 2.75) is 12.6 Å². The fourth-order valence-electron chi connectivity index (χ4n) is 2.59. The molecule has 2 aromatic rings. The minimum atomic E-state index is -0.648. The molecule has 24 heavy (non-hydrogen) atoms. The normalized spacial score (nSPS) is 17.6. The Morgan fingerprint density at radius 3 is 2.75 bits per heavy atom. The average Bonchev–Trinajstić information content (AvgIpc) is 2.57. The van der Waals surface area contributed by atoms with Gasteiger partial charge < -0.3 is 15.0 Å². The second-order valence-corrected chi connectivity index (χ2v) is 6.45. The van der Waals surface area contributed by atoms with Gasteiger partial charge in [-0.1, -0.05) is 52.3 Å². The van der Waals surface area contributed by atoms with Crippen LogP contribution >= 0.6 is 15.9 Å². The zero-order valence-corrected chi connectivity index (χ0v) is 14.5. The van der Waals surface area contributed by atoms with Crippen LogP contribution in [0.15, 0.2) is 59.1 Å². The Balaban J connectivity index is 1.75. The van der Waals surface area contributed by atoms with Gasteiger partial charge in [0, 0.05) is 16.7 Å². The Labute approximate surface area is 148 Å². The van der Waals surface area contributed by atoms with E-state index >= 15 is 0 Å². The molecule has 0 radical (unpaired) electrons. The highest BCUT2D eigenvalue weighted by Crippen LogP contribution is 2.18. The second kappa shape index (κ2) is 7.59. The highest BCUT2D eigenvalue weighted by molar-refractivity contribution is 9.10. The van der Waals surface area contributed by atoms with Crippen LogP contribution < -0.4 is 5.32 Å². The van der Waals surface area contributed by atoms with Crippen molar-refractivity contribution in [3.8, 4) is 0 Å². The maximum absolute atomic E-state index is 12.6. The fraction of sp³-hybridized carbons (Fsp3) is 0.222. The van der Waals surface area contributed by atoms with E-state index in [2.05, 4.69) is 21.2 Å². The van der Waals surface area contributed by atoms with Gasteiger partial charge in [-0.3, -0.25) is 9.59 Å². The minimum Gasteiger partial charge on any atom is -0.369 e. The van der Waals surface area contributed by atoms with Gasteiger partial charge in [-0.2, -0.15) is 0 Å². The van der Waals surface area contributed by atoms with Crippen molar-refractivity contribution < 1.29 is 14.3 Å². The Morgan fingerprint density at radius 1 is 1.21 bits per heavy atom. The molecule has 3 rings (SSSR count). The molecule has 1 heterocycles. The highest BCUT2D eigenvalue weighted by Gasteiger charge is 2.34.